The van der Waals surface area contributed by atoms with Gasteiger partial charge in [0, 0.05) is 10.3 Å². The van der Waals surface area contributed by atoms with Crippen LogP contribution in [0.1, 0.15) is 0 Å². The third-order valence-electron chi connectivity index (χ3n) is 1.81. The van der Waals surface area contributed by atoms with Crippen LogP contribution >= 0.6 is 18.7 Å². The third kappa shape index (κ3) is 3.31. The van der Waals surface area contributed by atoms with Gasteiger partial charge >= 0.3 is 0 Å². The number of primary sulfonamides is 1. The zero-order valence-electron chi connectivity index (χ0n) is 8.27. The maximum Gasteiger partial charge on any atom is 0.238 e. The summed E-state index contributed by atoms with van der Waals surface area (Å²) in [7, 11) is -6.36. The Morgan fingerprint density at radius 1 is 1.27 bits per heavy atom. The van der Waals surface area contributed by atoms with Gasteiger partial charge in [-0.1, -0.05) is 11.6 Å². The fourth-order valence-corrected chi connectivity index (χ4v) is 2.97. The van der Waals surface area contributed by atoms with Crippen LogP contribution in [0.3, 0.4) is 0 Å². The average molecular weight is 268 g/mol. The minimum atomic E-state index is -3.81. The van der Waals surface area contributed by atoms with Gasteiger partial charge in [-0.3, -0.25) is 0 Å². The Morgan fingerprint density at radius 2 is 1.80 bits per heavy atom. The van der Waals surface area contributed by atoms with Crippen molar-refractivity contribution in [2.24, 2.45) is 5.14 Å². The van der Waals surface area contributed by atoms with Gasteiger partial charge in [0.05, 0.1) is 4.90 Å². The highest BCUT2D eigenvalue weighted by atomic mass is 35.5. The van der Waals surface area contributed by atoms with E-state index in [1.54, 1.807) is 0 Å². The molecular weight excluding hydrogens is 257 g/mol. The van der Waals surface area contributed by atoms with Gasteiger partial charge in [-0.25, -0.2) is 13.6 Å². The molecule has 15 heavy (non-hydrogen) atoms. The van der Waals surface area contributed by atoms with Crippen molar-refractivity contribution >= 4 is 34.1 Å². The minimum Gasteiger partial charge on any atom is -0.319 e. The Morgan fingerprint density at radius 3 is 2.20 bits per heavy atom. The van der Waals surface area contributed by atoms with Crippen molar-refractivity contribution in [2.45, 2.75) is 4.90 Å². The number of nitrogens with two attached hydrogens (primary N) is 1. The van der Waals surface area contributed by atoms with Crippen LogP contribution in [0.4, 0.5) is 0 Å². The molecule has 0 aliphatic carbocycles. The molecule has 1 aromatic carbocycles. The summed E-state index contributed by atoms with van der Waals surface area (Å²) >= 11 is 5.72. The summed E-state index contributed by atoms with van der Waals surface area (Å²) in [5, 5.41) is 5.57. The molecular formula is C8H11ClNO3PS. The van der Waals surface area contributed by atoms with E-state index in [4.69, 9.17) is 16.7 Å². The van der Waals surface area contributed by atoms with Gasteiger partial charge < -0.3 is 4.57 Å². The second-order valence-electron chi connectivity index (χ2n) is 3.54. The van der Waals surface area contributed by atoms with Crippen LogP contribution in [0.5, 0.6) is 0 Å². The lowest BCUT2D eigenvalue weighted by Gasteiger charge is -2.09. The molecule has 0 aliphatic rings. The smallest absolute Gasteiger partial charge is 0.238 e. The van der Waals surface area contributed by atoms with Gasteiger partial charge in [-0.2, -0.15) is 0 Å². The van der Waals surface area contributed by atoms with E-state index in [0.29, 0.717) is 5.30 Å². The lowest BCUT2D eigenvalue weighted by atomic mass is 10.4. The molecule has 0 aliphatic heterocycles. The predicted octanol–water partition coefficient (Wildman–Crippen LogP) is 1.24. The summed E-state index contributed by atoms with van der Waals surface area (Å²) in [5.41, 5.74) is 0. The van der Waals surface area contributed by atoms with Crippen molar-refractivity contribution in [3.8, 4) is 0 Å². The average Bonchev–Trinajstić information content (AvgIpc) is 1.99. The van der Waals surface area contributed by atoms with E-state index in [2.05, 4.69) is 0 Å². The first-order chi connectivity index (χ1) is 6.60. The van der Waals surface area contributed by atoms with Crippen LogP contribution < -0.4 is 10.4 Å². The lowest BCUT2D eigenvalue weighted by Crippen LogP contribution is -2.15. The Balaban J connectivity index is 3.50. The first-order valence-electron chi connectivity index (χ1n) is 3.99. The molecule has 0 bridgehead atoms. The van der Waals surface area contributed by atoms with Crippen molar-refractivity contribution in [2.75, 3.05) is 13.3 Å². The molecule has 0 aromatic heterocycles. The summed E-state index contributed by atoms with van der Waals surface area (Å²) in [4.78, 5) is -0.117. The van der Waals surface area contributed by atoms with Crippen molar-refractivity contribution in [1.29, 1.82) is 0 Å². The van der Waals surface area contributed by atoms with Crippen LogP contribution in [0.25, 0.3) is 0 Å². The Bertz CT molecular complexity index is 535. The van der Waals surface area contributed by atoms with E-state index in [0.717, 1.165) is 0 Å². The number of halogens is 1. The molecule has 0 spiro atoms. The SMILES string of the molecule is CP(C)(=O)c1cc(Cl)cc(S(N)(=O)=O)c1. The molecule has 1 aromatic rings. The van der Waals surface area contributed by atoms with Gasteiger partial charge in [0.25, 0.3) is 0 Å². The summed E-state index contributed by atoms with van der Waals surface area (Å²) < 4.78 is 33.9. The van der Waals surface area contributed by atoms with Crippen LogP contribution in [0.2, 0.25) is 5.02 Å². The highest BCUT2D eigenvalue weighted by molar-refractivity contribution is 7.89. The number of hydrogen-bond donors (Lipinski definition) is 1. The molecule has 0 heterocycles. The number of rotatable bonds is 2. The van der Waals surface area contributed by atoms with Crippen molar-refractivity contribution in [3.05, 3.63) is 23.2 Å². The normalized spacial score (nSPS) is 12.8. The predicted molar refractivity (Wildman–Crippen MR) is 61.9 cm³/mol. The van der Waals surface area contributed by atoms with Crippen molar-refractivity contribution < 1.29 is 13.0 Å². The highest BCUT2D eigenvalue weighted by Crippen LogP contribution is 2.36. The highest BCUT2D eigenvalue weighted by Gasteiger charge is 2.16. The summed E-state index contributed by atoms with van der Waals surface area (Å²) in [5.74, 6) is 0. The topological polar surface area (TPSA) is 77.2 Å². The number of benzene rings is 1. The molecule has 4 nitrogen and oxygen atoms in total. The zero-order chi connectivity index (χ0) is 11.9. The second kappa shape index (κ2) is 3.91. The molecule has 0 amide bonds. The third-order valence-corrected chi connectivity index (χ3v) is 4.42. The minimum absolute atomic E-state index is 0.117. The van der Waals surface area contributed by atoms with Gasteiger partial charge in [-0.15, -0.1) is 0 Å². The molecule has 0 fully saturated rings. The Labute approximate surface area is 93.9 Å². The van der Waals surface area contributed by atoms with E-state index in [-0.39, 0.29) is 9.92 Å². The maximum atomic E-state index is 11.8. The van der Waals surface area contributed by atoms with E-state index < -0.39 is 17.2 Å². The van der Waals surface area contributed by atoms with Crippen LogP contribution in [0.15, 0.2) is 23.1 Å². The van der Waals surface area contributed by atoms with Crippen LogP contribution in [0, 0.1) is 0 Å². The van der Waals surface area contributed by atoms with Gasteiger partial charge in [0.15, 0.2) is 0 Å². The monoisotopic (exact) mass is 267 g/mol. The molecule has 0 saturated carbocycles. The van der Waals surface area contributed by atoms with Crippen LogP contribution in [-0.4, -0.2) is 21.7 Å². The first-order valence-corrected chi connectivity index (χ1v) is 8.52. The fourth-order valence-electron chi connectivity index (χ4n) is 1.02. The van der Waals surface area contributed by atoms with E-state index in [1.165, 1.54) is 31.5 Å². The molecule has 0 unspecified atom stereocenters. The molecule has 1 rings (SSSR count). The summed E-state index contributed by atoms with van der Waals surface area (Å²) in [6.45, 7) is 3.07. The van der Waals surface area contributed by atoms with Crippen molar-refractivity contribution in [1.82, 2.24) is 0 Å². The second-order valence-corrected chi connectivity index (χ2v) is 8.76. The summed E-state index contributed by atoms with van der Waals surface area (Å²) in [6, 6.07) is 4.01. The molecule has 2 N–H and O–H groups in total. The molecule has 0 saturated heterocycles. The Kier molecular flexibility index (Phi) is 3.31. The van der Waals surface area contributed by atoms with Crippen LogP contribution in [-0.2, 0) is 14.6 Å². The quantitative estimate of drug-likeness (QED) is 0.819. The Hall–Kier alpha value is -0.350. The van der Waals surface area contributed by atoms with Gasteiger partial charge in [0.1, 0.15) is 7.14 Å². The number of hydrogen-bond acceptors (Lipinski definition) is 3. The molecule has 84 valence electrons. The van der Waals surface area contributed by atoms with Gasteiger partial charge in [0.2, 0.25) is 10.0 Å². The van der Waals surface area contributed by atoms with Gasteiger partial charge in [-0.05, 0) is 31.5 Å². The first kappa shape index (κ1) is 12.7. The largest absolute Gasteiger partial charge is 0.319 e. The maximum absolute atomic E-state index is 11.8. The van der Waals surface area contributed by atoms with E-state index >= 15 is 0 Å². The standard InChI is InChI=1S/C8H11ClNO3PS/c1-14(2,11)7-3-6(9)4-8(5-7)15(10,12)13/h3-5H,1-2H3,(H2,10,12,13). The summed E-state index contributed by atoms with van der Waals surface area (Å²) in [6.07, 6.45) is 0. The fraction of sp³-hybridized carbons (Fsp3) is 0.250. The molecule has 7 heteroatoms. The van der Waals surface area contributed by atoms with E-state index in [9.17, 15) is 13.0 Å². The number of sulfonamides is 1. The molecule has 0 atom stereocenters. The lowest BCUT2D eigenvalue weighted by molar-refractivity contribution is 0.588. The molecule has 0 radical (unpaired) electrons. The van der Waals surface area contributed by atoms with E-state index in [1.807, 2.05) is 0 Å². The van der Waals surface area contributed by atoms with Crippen molar-refractivity contribution in [3.63, 3.8) is 0 Å². The zero-order valence-corrected chi connectivity index (χ0v) is 10.7.